The van der Waals surface area contributed by atoms with E-state index in [0.717, 1.165) is 22.7 Å². The van der Waals surface area contributed by atoms with E-state index < -0.39 is 0 Å². The van der Waals surface area contributed by atoms with E-state index in [0.29, 0.717) is 11.2 Å². The SMILES string of the molecule is COc1ccc(-c2cc3nc(C)c(C)c(=O)n3[nH]2)cc1. The summed E-state index contributed by atoms with van der Waals surface area (Å²) in [6.45, 7) is 3.63. The Morgan fingerprint density at radius 2 is 1.90 bits per heavy atom. The van der Waals surface area contributed by atoms with E-state index in [2.05, 4.69) is 10.1 Å². The number of H-pyrrole nitrogens is 1. The lowest BCUT2D eigenvalue weighted by atomic mass is 10.1. The van der Waals surface area contributed by atoms with Crippen molar-refractivity contribution in [1.29, 1.82) is 0 Å². The van der Waals surface area contributed by atoms with Crippen LogP contribution < -0.4 is 10.3 Å². The summed E-state index contributed by atoms with van der Waals surface area (Å²) in [5, 5.41) is 3.09. The highest BCUT2D eigenvalue weighted by molar-refractivity contribution is 5.64. The maximum absolute atomic E-state index is 12.2. The van der Waals surface area contributed by atoms with Crippen LogP contribution in [0.1, 0.15) is 11.3 Å². The summed E-state index contributed by atoms with van der Waals surface area (Å²) in [5.74, 6) is 0.798. The van der Waals surface area contributed by atoms with Gasteiger partial charge in [0.25, 0.3) is 5.56 Å². The molecule has 0 radical (unpaired) electrons. The number of benzene rings is 1. The lowest BCUT2D eigenvalue weighted by molar-refractivity contribution is 0.415. The molecule has 5 nitrogen and oxygen atoms in total. The van der Waals surface area contributed by atoms with Gasteiger partial charge in [-0.05, 0) is 43.7 Å². The molecule has 1 aromatic carbocycles. The second kappa shape index (κ2) is 4.52. The zero-order chi connectivity index (χ0) is 14.3. The highest BCUT2D eigenvalue weighted by Gasteiger charge is 2.09. The summed E-state index contributed by atoms with van der Waals surface area (Å²) in [6.07, 6.45) is 0. The number of ether oxygens (including phenoxy) is 1. The monoisotopic (exact) mass is 269 g/mol. The molecule has 0 unspecified atom stereocenters. The lowest BCUT2D eigenvalue weighted by Crippen LogP contribution is -2.19. The summed E-state index contributed by atoms with van der Waals surface area (Å²) in [6, 6.07) is 9.51. The predicted molar refractivity (Wildman–Crippen MR) is 77.3 cm³/mol. The molecule has 5 heteroatoms. The highest BCUT2D eigenvalue weighted by atomic mass is 16.5. The summed E-state index contributed by atoms with van der Waals surface area (Å²) in [7, 11) is 1.63. The number of aromatic nitrogens is 3. The van der Waals surface area contributed by atoms with Gasteiger partial charge >= 0.3 is 0 Å². The van der Waals surface area contributed by atoms with Crippen LogP contribution >= 0.6 is 0 Å². The Labute approximate surface area is 115 Å². The number of nitrogens with zero attached hydrogens (tertiary/aromatic N) is 2. The van der Waals surface area contributed by atoms with Gasteiger partial charge in [-0.2, -0.15) is 0 Å². The highest BCUT2D eigenvalue weighted by Crippen LogP contribution is 2.21. The Hall–Kier alpha value is -2.56. The largest absolute Gasteiger partial charge is 0.497 e. The molecule has 0 atom stereocenters. The normalized spacial score (nSPS) is 10.9. The zero-order valence-electron chi connectivity index (χ0n) is 11.6. The third kappa shape index (κ3) is 1.87. The van der Waals surface area contributed by atoms with Gasteiger partial charge in [-0.3, -0.25) is 9.89 Å². The molecule has 3 aromatic rings. The Bertz CT molecular complexity index is 829. The zero-order valence-corrected chi connectivity index (χ0v) is 11.6. The summed E-state index contributed by atoms with van der Waals surface area (Å²) >= 11 is 0. The molecule has 0 spiro atoms. The fraction of sp³-hybridized carbons (Fsp3) is 0.200. The van der Waals surface area contributed by atoms with E-state index in [4.69, 9.17) is 4.74 Å². The minimum absolute atomic E-state index is 0.0627. The summed E-state index contributed by atoms with van der Waals surface area (Å²) in [5.41, 5.74) is 3.81. The van der Waals surface area contributed by atoms with Crippen molar-refractivity contribution in [2.45, 2.75) is 13.8 Å². The van der Waals surface area contributed by atoms with Crippen LogP contribution in [0, 0.1) is 13.8 Å². The van der Waals surface area contributed by atoms with Gasteiger partial charge in [-0.25, -0.2) is 9.50 Å². The summed E-state index contributed by atoms with van der Waals surface area (Å²) in [4.78, 5) is 16.6. The smallest absolute Gasteiger partial charge is 0.275 e. The topological polar surface area (TPSA) is 59.4 Å². The van der Waals surface area contributed by atoms with Crippen LogP contribution in [0.3, 0.4) is 0 Å². The van der Waals surface area contributed by atoms with E-state index in [1.54, 1.807) is 14.0 Å². The quantitative estimate of drug-likeness (QED) is 0.776. The van der Waals surface area contributed by atoms with Crippen LogP contribution in [0.4, 0.5) is 0 Å². The first kappa shape index (κ1) is 12.5. The molecule has 0 saturated heterocycles. The van der Waals surface area contributed by atoms with Gasteiger partial charge < -0.3 is 4.74 Å². The average Bonchev–Trinajstić information content (AvgIpc) is 2.89. The molecule has 0 aliphatic heterocycles. The van der Waals surface area contributed by atoms with Crippen LogP contribution in [-0.2, 0) is 0 Å². The first-order valence-corrected chi connectivity index (χ1v) is 6.33. The molecule has 0 bridgehead atoms. The molecule has 0 aliphatic carbocycles. The van der Waals surface area contributed by atoms with Crippen molar-refractivity contribution >= 4 is 5.65 Å². The van der Waals surface area contributed by atoms with E-state index in [1.807, 2.05) is 37.3 Å². The molecule has 0 aliphatic rings. The molecular formula is C15H15N3O2. The Morgan fingerprint density at radius 3 is 2.55 bits per heavy atom. The van der Waals surface area contributed by atoms with E-state index in [1.165, 1.54) is 4.52 Å². The van der Waals surface area contributed by atoms with Crippen LogP contribution in [0.15, 0.2) is 35.1 Å². The van der Waals surface area contributed by atoms with Gasteiger partial charge in [0.05, 0.1) is 12.8 Å². The number of hydrogen-bond donors (Lipinski definition) is 1. The first-order chi connectivity index (χ1) is 9.60. The van der Waals surface area contributed by atoms with Gasteiger partial charge in [0.15, 0.2) is 5.65 Å². The minimum Gasteiger partial charge on any atom is -0.497 e. The van der Waals surface area contributed by atoms with Gasteiger partial charge in [-0.1, -0.05) is 0 Å². The van der Waals surface area contributed by atoms with Crippen molar-refractivity contribution in [1.82, 2.24) is 14.6 Å². The third-order valence-corrected chi connectivity index (χ3v) is 3.48. The third-order valence-electron chi connectivity index (χ3n) is 3.48. The molecule has 0 amide bonds. The van der Waals surface area contributed by atoms with Crippen molar-refractivity contribution in [2.75, 3.05) is 7.11 Å². The number of aryl methyl sites for hydroxylation is 1. The molecule has 3 rings (SSSR count). The molecule has 0 fully saturated rings. The van der Waals surface area contributed by atoms with Crippen LogP contribution in [-0.4, -0.2) is 21.7 Å². The van der Waals surface area contributed by atoms with Gasteiger partial charge in [0.1, 0.15) is 5.75 Å². The molecular weight excluding hydrogens is 254 g/mol. The predicted octanol–water partition coefficient (Wildman–Crippen LogP) is 2.32. The molecule has 102 valence electrons. The number of methoxy groups -OCH3 is 1. The van der Waals surface area contributed by atoms with Crippen LogP contribution in [0.25, 0.3) is 16.9 Å². The van der Waals surface area contributed by atoms with Crippen molar-refractivity contribution in [3.63, 3.8) is 0 Å². The molecule has 1 N–H and O–H groups in total. The molecule has 2 aromatic heterocycles. The number of aromatic amines is 1. The standard InChI is InChI=1S/C15H15N3O2/c1-9-10(2)16-14-8-13(17-18(14)15(9)19)11-4-6-12(20-3)7-5-11/h4-8,17H,1-3H3. The lowest BCUT2D eigenvalue weighted by Gasteiger charge is -2.01. The first-order valence-electron chi connectivity index (χ1n) is 6.33. The van der Waals surface area contributed by atoms with Crippen LogP contribution in [0.2, 0.25) is 0 Å². The second-order valence-electron chi connectivity index (χ2n) is 4.72. The minimum atomic E-state index is -0.0627. The van der Waals surface area contributed by atoms with Gasteiger partial charge in [0.2, 0.25) is 0 Å². The number of fused-ring (bicyclic) bond motifs is 1. The van der Waals surface area contributed by atoms with Crippen LogP contribution in [0.5, 0.6) is 5.75 Å². The van der Waals surface area contributed by atoms with Crippen molar-refractivity contribution in [2.24, 2.45) is 0 Å². The van der Waals surface area contributed by atoms with Gasteiger partial charge in [0, 0.05) is 17.3 Å². The Morgan fingerprint density at radius 1 is 1.20 bits per heavy atom. The maximum atomic E-state index is 12.2. The molecule has 0 saturated carbocycles. The number of rotatable bonds is 2. The maximum Gasteiger partial charge on any atom is 0.275 e. The van der Waals surface area contributed by atoms with E-state index in [-0.39, 0.29) is 5.56 Å². The fourth-order valence-corrected chi connectivity index (χ4v) is 2.14. The molecule has 20 heavy (non-hydrogen) atoms. The average molecular weight is 269 g/mol. The van der Waals surface area contributed by atoms with Crippen molar-refractivity contribution < 1.29 is 4.74 Å². The van der Waals surface area contributed by atoms with Gasteiger partial charge in [-0.15, -0.1) is 0 Å². The fourth-order valence-electron chi connectivity index (χ4n) is 2.14. The van der Waals surface area contributed by atoms with E-state index >= 15 is 0 Å². The summed E-state index contributed by atoms with van der Waals surface area (Å²) < 4.78 is 6.61. The molecule has 2 heterocycles. The Balaban J connectivity index is 2.17. The number of nitrogens with one attached hydrogen (secondary N) is 1. The van der Waals surface area contributed by atoms with Crippen molar-refractivity contribution in [3.05, 3.63) is 51.9 Å². The second-order valence-corrected chi connectivity index (χ2v) is 4.72. The van der Waals surface area contributed by atoms with E-state index in [9.17, 15) is 4.79 Å². The Kier molecular flexibility index (Phi) is 2.82. The van der Waals surface area contributed by atoms with Crippen molar-refractivity contribution in [3.8, 4) is 17.0 Å². The number of hydrogen-bond acceptors (Lipinski definition) is 3.